The molecule has 2 aromatic heterocycles. The summed E-state index contributed by atoms with van der Waals surface area (Å²) in [6.07, 6.45) is 4.23. The van der Waals surface area contributed by atoms with Gasteiger partial charge in [-0.25, -0.2) is 19.4 Å². The summed E-state index contributed by atoms with van der Waals surface area (Å²) in [6.45, 7) is -0.221. The van der Waals surface area contributed by atoms with E-state index in [9.17, 15) is 14.9 Å². The lowest BCUT2D eigenvalue weighted by Crippen LogP contribution is -2.12. The van der Waals surface area contributed by atoms with Crippen LogP contribution >= 0.6 is 0 Å². The number of hydrogen-bond donors (Lipinski definition) is 0. The van der Waals surface area contributed by atoms with E-state index in [0.717, 1.165) is 0 Å². The van der Waals surface area contributed by atoms with Gasteiger partial charge in [-0.1, -0.05) is 12.1 Å². The molecule has 2 heterocycles. The van der Waals surface area contributed by atoms with Crippen LogP contribution in [-0.4, -0.2) is 30.6 Å². The van der Waals surface area contributed by atoms with E-state index in [1.807, 2.05) is 0 Å². The number of esters is 1. The summed E-state index contributed by atoms with van der Waals surface area (Å²) in [5, 5.41) is 14.9. The number of carbonyl (C=O) groups is 1. The maximum Gasteiger partial charge on any atom is 0.342 e. The number of aromatic nitrogens is 4. The molecule has 0 amide bonds. The summed E-state index contributed by atoms with van der Waals surface area (Å²) in [7, 11) is 0. The quantitative estimate of drug-likeness (QED) is 0.400. The van der Waals surface area contributed by atoms with Crippen molar-refractivity contribution in [2.75, 3.05) is 0 Å². The van der Waals surface area contributed by atoms with Gasteiger partial charge in [-0.05, 0) is 18.2 Å². The third-order valence-corrected chi connectivity index (χ3v) is 3.19. The van der Waals surface area contributed by atoms with E-state index in [0.29, 0.717) is 5.56 Å². The minimum absolute atomic E-state index is 0.104. The van der Waals surface area contributed by atoms with Crippen molar-refractivity contribution >= 4 is 11.7 Å². The Balaban J connectivity index is 1.81. The zero-order valence-electron chi connectivity index (χ0n) is 12.3. The van der Waals surface area contributed by atoms with E-state index >= 15 is 0 Å². The molecule has 0 aliphatic carbocycles. The summed E-state index contributed by atoms with van der Waals surface area (Å²) >= 11 is 0. The third kappa shape index (κ3) is 3.09. The van der Waals surface area contributed by atoms with Crippen molar-refractivity contribution in [1.82, 2.24) is 19.7 Å². The van der Waals surface area contributed by atoms with E-state index in [1.165, 1.54) is 41.7 Å². The fraction of sp³-hybridized carbons (Fsp3) is 0.0667. The summed E-state index contributed by atoms with van der Waals surface area (Å²) < 4.78 is 6.53. The predicted molar refractivity (Wildman–Crippen MR) is 81.4 cm³/mol. The molecule has 0 fully saturated rings. The predicted octanol–water partition coefficient (Wildman–Crippen LogP) is 1.93. The van der Waals surface area contributed by atoms with Gasteiger partial charge in [-0.15, -0.1) is 0 Å². The van der Waals surface area contributed by atoms with Crippen molar-refractivity contribution in [1.29, 1.82) is 0 Å². The van der Waals surface area contributed by atoms with Gasteiger partial charge in [0.2, 0.25) is 0 Å². The summed E-state index contributed by atoms with van der Waals surface area (Å²) in [6, 6.07) is 9.20. The number of para-hydroxylation sites is 1. The fourth-order valence-corrected chi connectivity index (χ4v) is 2.09. The molecule has 24 heavy (non-hydrogen) atoms. The second kappa shape index (κ2) is 6.65. The van der Waals surface area contributed by atoms with Crippen LogP contribution in [-0.2, 0) is 11.3 Å². The molecule has 0 N–H and O–H groups in total. The third-order valence-electron chi connectivity index (χ3n) is 3.19. The minimum Gasteiger partial charge on any atom is -0.457 e. The van der Waals surface area contributed by atoms with E-state index in [-0.39, 0.29) is 23.7 Å². The highest BCUT2D eigenvalue weighted by molar-refractivity contribution is 5.92. The molecule has 0 atom stereocenters. The molecule has 0 spiro atoms. The van der Waals surface area contributed by atoms with E-state index in [1.54, 1.807) is 18.2 Å². The molecule has 1 aromatic carbocycles. The zero-order chi connectivity index (χ0) is 16.9. The Morgan fingerprint density at radius 1 is 1.25 bits per heavy atom. The maximum atomic E-state index is 12.3. The average molecular weight is 325 g/mol. The summed E-state index contributed by atoms with van der Waals surface area (Å²) in [5.74, 6) is -0.394. The number of pyridine rings is 1. The first-order valence-electron chi connectivity index (χ1n) is 6.86. The Morgan fingerprint density at radius 3 is 2.83 bits per heavy atom. The lowest BCUT2D eigenvalue weighted by atomic mass is 10.2. The number of nitrogens with zero attached hydrogens (tertiary/aromatic N) is 5. The number of benzene rings is 1. The molecule has 3 aromatic rings. The molecule has 0 aliphatic heterocycles. The van der Waals surface area contributed by atoms with Gasteiger partial charge in [0.25, 0.3) is 5.69 Å². The van der Waals surface area contributed by atoms with Gasteiger partial charge < -0.3 is 4.74 Å². The van der Waals surface area contributed by atoms with Crippen molar-refractivity contribution in [2.45, 2.75) is 6.61 Å². The maximum absolute atomic E-state index is 12.3. The first-order valence-corrected chi connectivity index (χ1v) is 6.86. The lowest BCUT2D eigenvalue weighted by molar-refractivity contribution is -0.385. The van der Waals surface area contributed by atoms with Gasteiger partial charge >= 0.3 is 5.97 Å². The van der Waals surface area contributed by atoms with Crippen molar-refractivity contribution < 1.29 is 14.5 Å². The minimum atomic E-state index is -0.660. The Hall–Kier alpha value is -3.62. The number of nitro groups is 1. The highest BCUT2D eigenvalue weighted by Crippen LogP contribution is 2.19. The SMILES string of the molecule is O=C(OCc1ccccc1[N+](=O)[O-])c1cccnc1-n1cncn1. The number of rotatable bonds is 5. The van der Waals surface area contributed by atoms with Gasteiger partial charge in [-0.3, -0.25) is 10.1 Å². The van der Waals surface area contributed by atoms with Gasteiger partial charge in [0.05, 0.1) is 10.5 Å². The summed E-state index contributed by atoms with van der Waals surface area (Å²) in [4.78, 5) is 30.7. The molecule has 0 bridgehead atoms. The first-order chi connectivity index (χ1) is 11.7. The molecular formula is C15H11N5O4. The van der Waals surface area contributed by atoms with Gasteiger partial charge in [0, 0.05) is 12.3 Å². The van der Waals surface area contributed by atoms with Crippen molar-refractivity contribution in [3.63, 3.8) is 0 Å². The topological polar surface area (TPSA) is 113 Å². The molecule has 0 saturated carbocycles. The zero-order valence-corrected chi connectivity index (χ0v) is 12.3. The van der Waals surface area contributed by atoms with Crippen LogP contribution in [0.1, 0.15) is 15.9 Å². The number of ether oxygens (including phenoxy) is 1. The molecule has 9 nitrogen and oxygen atoms in total. The second-order valence-electron chi connectivity index (χ2n) is 4.68. The highest BCUT2D eigenvalue weighted by Gasteiger charge is 2.18. The van der Waals surface area contributed by atoms with Crippen LogP contribution in [0.3, 0.4) is 0 Å². The molecular weight excluding hydrogens is 314 g/mol. The lowest BCUT2D eigenvalue weighted by Gasteiger charge is -2.08. The van der Waals surface area contributed by atoms with Crippen molar-refractivity contribution in [2.24, 2.45) is 0 Å². The Labute approximate surface area is 135 Å². The second-order valence-corrected chi connectivity index (χ2v) is 4.68. The van der Waals surface area contributed by atoms with Crippen LogP contribution in [0.15, 0.2) is 55.2 Å². The van der Waals surface area contributed by atoms with Gasteiger partial charge in [0.15, 0.2) is 5.82 Å². The molecule has 0 aliphatic rings. The standard InChI is InChI=1S/C15H11N5O4/c21-15(24-8-11-4-1-2-6-13(11)20(22)23)12-5-3-7-17-14(12)19-10-16-9-18-19/h1-7,9-10H,8H2. The number of carbonyl (C=O) groups excluding carboxylic acids is 1. The Bertz CT molecular complexity index is 879. The van der Waals surface area contributed by atoms with E-state index in [2.05, 4.69) is 15.1 Å². The van der Waals surface area contributed by atoms with Crippen LogP contribution in [0.5, 0.6) is 0 Å². The molecule has 120 valence electrons. The molecule has 0 saturated heterocycles. The highest BCUT2D eigenvalue weighted by atomic mass is 16.6. The van der Waals surface area contributed by atoms with Crippen LogP contribution in [0.2, 0.25) is 0 Å². The molecule has 3 rings (SSSR count). The average Bonchev–Trinajstić information content (AvgIpc) is 3.14. The number of nitro benzene ring substituents is 1. The first kappa shape index (κ1) is 15.3. The van der Waals surface area contributed by atoms with Crippen LogP contribution in [0.4, 0.5) is 5.69 Å². The van der Waals surface area contributed by atoms with E-state index < -0.39 is 10.9 Å². The van der Waals surface area contributed by atoms with Gasteiger partial charge in [-0.2, -0.15) is 5.10 Å². The largest absolute Gasteiger partial charge is 0.457 e. The monoisotopic (exact) mass is 325 g/mol. The van der Waals surface area contributed by atoms with Crippen molar-refractivity contribution in [3.8, 4) is 5.82 Å². The van der Waals surface area contributed by atoms with E-state index in [4.69, 9.17) is 4.74 Å². The molecule has 0 unspecified atom stereocenters. The van der Waals surface area contributed by atoms with Crippen molar-refractivity contribution in [3.05, 3.63) is 76.5 Å². The van der Waals surface area contributed by atoms with Crippen LogP contribution in [0.25, 0.3) is 5.82 Å². The Kier molecular flexibility index (Phi) is 4.23. The fourth-order valence-electron chi connectivity index (χ4n) is 2.09. The van der Waals surface area contributed by atoms with Gasteiger partial charge in [0.1, 0.15) is 24.8 Å². The smallest absolute Gasteiger partial charge is 0.342 e. The van der Waals surface area contributed by atoms with Crippen LogP contribution < -0.4 is 0 Å². The Morgan fingerprint density at radius 2 is 2.08 bits per heavy atom. The summed E-state index contributed by atoms with van der Waals surface area (Å²) in [5.41, 5.74) is 0.386. The normalized spacial score (nSPS) is 10.3. The van der Waals surface area contributed by atoms with Crippen LogP contribution in [0, 0.1) is 10.1 Å². The molecule has 9 heteroatoms. The number of hydrogen-bond acceptors (Lipinski definition) is 7. The molecule has 0 radical (unpaired) electrons.